The number of nitrogens with one attached hydrogen (secondary N) is 2. The van der Waals surface area contributed by atoms with E-state index in [1.807, 2.05) is 6.92 Å². The number of imidazole rings is 1. The summed E-state index contributed by atoms with van der Waals surface area (Å²) in [6.45, 7) is 2.38. The molecule has 0 amide bonds. The normalized spacial score (nSPS) is 10.2. The second-order valence-electron chi connectivity index (χ2n) is 3.97. The SMILES string of the molecule is COc1ccc([N+](=O)[O-])cc1NCc1nc[nH]c1C. The van der Waals surface area contributed by atoms with Crippen LogP contribution >= 0.6 is 0 Å². The van der Waals surface area contributed by atoms with Gasteiger partial charge in [0.1, 0.15) is 5.75 Å². The average molecular weight is 262 g/mol. The third kappa shape index (κ3) is 2.82. The highest BCUT2D eigenvalue weighted by Gasteiger charge is 2.11. The Labute approximate surface area is 109 Å². The highest BCUT2D eigenvalue weighted by molar-refractivity contribution is 5.61. The van der Waals surface area contributed by atoms with E-state index in [1.165, 1.54) is 19.2 Å². The van der Waals surface area contributed by atoms with Crippen molar-refractivity contribution in [1.29, 1.82) is 0 Å². The number of non-ortho nitro benzene ring substituents is 1. The van der Waals surface area contributed by atoms with E-state index in [2.05, 4.69) is 15.3 Å². The first kappa shape index (κ1) is 12.9. The van der Waals surface area contributed by atoms with Gasteiger partial charge in [-0.15, -0.1) is 0 Å². The Kier molecular flexibility index (Phi) is 3.65. The molecule has 0 aliphatic carbocycles. The summed E-state index contributed by atoms with van der Waals surface area (Å²) in [5.41, 5.74) is 2.40. The fourth-order valence-corrected chi connectivity index (χ4v) is 1.69. The fourth-order valence-electron chi connectivity index (χ4n) is 1.69. The topological polar surface area (TPSA) is 93.1 Å². The van der Waals surface area contributed by atoms with Crippen LogP contribution in [0.3, 0.4) is 0 Å². The molecule has 0 atom stereocenters. The Balaban J connectivity index is 2.20. The van der Waals surface area contributed by atoms with Crippen molar-refractivity contribution in [2.24, 2.45) is 0 Å². The summed E-state index contributed by atoms with van der Waals surface area (Å²) in [5.74, 6) is 0.554. The Morgan fingerprint density at radius 1 is 1.53 bits per heavy atom. The molecule has 0 saturated heterocycles. The predicted molar refractivity (Wildman–Crippen MR) is 70.3 cm³/mol. The van der Waals surface area contributed by atoms with Crippen LogP contribution in [0.1, 0.15) is 11.4 Å². The number of nitro benzene ring substituents is 1. The Hall–Kier alpha value is -2.57. The lowest BCUT2D eigenvalue weighted by molar-refractivity contribution is -0.384. The number of hydrogen-bond donors (Lipinski definition) is 2. The molecular formula is C12H14N4O3. The van der Waals surface area contributed by atoms with Gasteiger partial charge in [-0.05, 0) is 13.0 Å². The summed E-state index contributed by atoms with van der Waals surface area (Å²) in [7, 11) is 1.52. The lowest BCUT2D eigenvalue weighted by atomic mass is 10.2. The van der Waals surface area contributed by atoms with E-state index >= 15 is 0 Å². The van der Waals surface area contributed by atoms with Crippen LogP contribution in [0.5, 0.6) is 5.75 Å². The van der Waals surface area contributed by atoms with Crippen molar-refractivity contribution in [3.05, 3.63) is 46.0 Å². The van der Waals surface area contributed by atoms with E-state index in [9.17, 15) is 10.1 Å². The number of aromatic amines is 1. The van der Waals surface area contributed by atoms with Gasteiger partial charge >= 0.3 is 0 Å². The number of methoxy groups -OCH3 is 1. The van der Waals surface area contributed by atoms with Crippen LogP contribution in [0.4, 0.5) is 11.4 Å². The van der Waals surface area contributed by atoms with Gasteiger partial charge in [0.15, 0.2) is 0 Å². The third-order valence-corrected chi connectivity index (χ3v) is 2.77. The minimum Gasteiger partial charge on any atom is -0.495 e. The first-order chi connectivity index (χ1) is 9.11. The fraction of sp³-hybridized carbons (Fsp3) is 0.250. The molecule has 1 aromatic carbocycles. The lowest BCUT2D eigenvalue weighted by Crippen LogP contribution is -2.03. The van der Waals surface area contributed by atoms with Gasteiger partial charge in [0.2, 0.25) is 0 Å². The zero-order chi connectivity index (χ0) is 13.8. The second kappa shape index (κ2) is 5.38. The highest BCUT2D eigenvalue weighted by atomic mass is 16.6. The average Bonchev–Trinajstić information content (AvgIpc) is 2.81. The van der Waals surface area contributed by atoms with Crippen molar-refractivity contribution in [3.63, 3.8) is 0 Å². The molecule has 2 N–H and O–H groups in total. The molecule has 7 heteroatoms. The molecule has 1 heterocycles. The quantitative estimate of drug-likeness (QED) is 0.636. The van der Waals surface area contributed by atoms with Crippen LogP contribution in [-0.4, -0.2) is 22.0 Å². The Morgan fingerprint density at radius 2 is 2.32 bits per heavy atom. The van der Waals surface area contributed by atoms with E-state index in [4.69, 9.17) is 4.74 Å². The van der Waals surface area contributed by atoms with Crippen LogP contribution in [-0.2, 0) is 6.54 Å². The van der Waals surface area contributed by atoms with Gasteiger partial charge in [-0.2, -0.15) is 0 Å². The van der Waals surface area contributed by atoms with Gasteiger partial charge in [0.05, 0.1) is 36.3 Å². The maximum Gasteiger partial charge on any atom is 0.271 e. The lowest BCUT2D eigenvalue weighted by Gasteiger charge is -2.10. The summed E-state index contributed by atoms with van der Waals surface area (Å²) in [6.07, 6.45) is 1.61. The molecule has 2 rings (SSSR count). The minimum atomic E-state index is -0.440. The van der Waals surface area contributed by atoms with Gasteiger partial charge in [-0.3, -0.25) is 10.1 Å². The smallest absolute Gasteiger partial charge is 0.271 e. The summed E-state index contributed by atoms with van der Waals surface area (Å²) in [5, 5.41) is 13.9. The van der Waals surface area contributed by atoms with E-state index in [0.717, 1.165) is 11.4 Å². The molecule has 0 bridgehead atoms. The molecule has 0 aliphatic rings. The minimum absolute atomic E-state index is 0.0158. The number of H-pyrrole nitrogens is 1. The molecule has 1 aromatic heterocycles. The maximum absolute atomic E-state index is 10.8. The zero-order valence-electron chi connectivity index (χ0n) is 10.6. The standard InChI is InChI=1S/C12H14N4O3/c1-8-11(15-7-14-8)6-13-10-5-9(16(17)18)3-4-12(10)19-2/h3-5,7,13H,6H2,1-2H3,(H,14,15). The molecule has 19 heavy (non-hydrogen) atoms. The number of nitro groups is 1. The number of rotatable bonds is 5. The molecule has 0 radical (unpaired) electrons. The van der Waals surface area contributed by atoms with Crippen LogP contribution < -0.4 is 10.1 Å². The molecule has 0 unspecified atom stereocenters. The van der Waals surface area contributed by atoms with Gasteiger partial charge < -0.3 is 15.0 Å². The van der Waals surface area contributed by atoms with Crippen molar-refractivity contribution in [3.8, 4) is 5.75 Å². The number of anilines is 1. The molecule has 0 saturated carbocycles. The largest absolute Gasteiger partial charge is 0.495 e. The van der Waals surface area contributed by atoms with Crippen molar-refractivity contribution in [2.75, 3.05) is 12.4 Å². The predicted octanol–water partition coefficient (Wildman–Crippen LogP) is 2.25. The molecule has 0 spiro atoms. The van der Waals surface area contributed by atoms with Crippen LogP contribution in [0.2, 0.25) is 0 Å². The summed E-state index contributed by atoms with van der Waals surface area (Å²) in [4.78, 5) is 17.4. The summed E-state index contributed by atoms with van der Waals surface area (Å²) >= 11 is 0. The monoisotopic (exact) mass is 262 g/mol. The van der Waals surface area contributed by atoms with Gasteiger partial charge in [0.25, 0.3) is 5.69 Å². The van der Waals surface area contributed by atoms with Crippen LogP contribution in [0.25, 0.3) is 0 Å². The summed E-state index contributed by atoms with van der Waals surface area (Å²) < 4.78 is 5.17. The zero-order valence-corrected chi connectivity index (χ0v) is 10.6. The van der Waals surface area contributed by atoms with Crippen molar-refractivity contribution in [2.45, 2.75) is 13.5 Å². The van der Waals surface area contributed by atoms with Crippen LogP contribution in [0.15, 0.2) is 24.5 Å². The van der Waals surface area contributed by atoms with E-state index in [1.54, 1.807) is 12.4 Å². The van der Waals surface area contributed by atoms with E-state index in [0.29, 0.717) is 18.0 Å². The van der Waals surface area contributed by atoms with Gasteiger partial charge in [-0.25, -0.2) is 4.98 Å². The van der Waals surface area contributed by atoms with E-state index in [-0.39, 0.29) is 5.69 Å². The first-order valence-corrected chi connectivity index (χ1v) is 5.67. The van der Waals surface area contributed by atoms with Crippen molar-refractivity contribution in [1.82, 2.24) is 9.97 Å². The molecule has 0 fully saturated rings. The van der Waals surface area contributed by atoms with Crippen LogP contribution in [0, 0.1) is 17.0 Å². The van der Waals surface area contributed by atoms with Crippen molar-refractivity contribution >= 4 is 11.4 Å². The number of hydrogen-bond acceptors (Lipinski definition) is 5. The number of benzene rings is 1. The Morgan fingerprint density at radius 3 is 2.89 bits per heavy atom. The van der Waals surface area contributed by atoms with Gasteiger partial charge in [0, 0.05) is 17.8 Å². The number of ether oxygens (including phenoxy) is 1. The third-order valence-electron chi connectivity index (χ3n) is 2.77. The first-order valence-electron chi connectivity index (χ1n) is 5.67. The molecule has 2 aromatic rings. The molecule has 100 valence electrons. The Bertz CT molecular complexity index is 594. The van der Waals surface area contributed by atoms with Crippen molar-refractivity contribution < 1.29 is 9.66 Å². The maximum atomic E-state index is 10.8. The molecule has 7 nitrogen and oxygen atoms in total. The summed E-state index contributed by atoms with van der Waals surface area (Å²) in [6, 6.07) is 4.42. The second-order valence-corrected chi connectivity index (χ2v) is 3.97. The molecule has 0 aliphatic heterocycles. The van der Waals surface area contributed by atoms with Gasteiger partial charge in [-0.1, -0.05) is 0 Å². The highest BCUT2D eigenvalue weighted by Crippen LogP contribution is 2.29. The number of aromatic nitrogens is 2. The number of aryl methyl sites for hydroxylation is 1. The molecular weight excluding hydrogens is 248 g/mol. The number of nitrogens with zero attached hydrogens (tertiary/aromatic N) is 2. The van der Waals surface area contributed by atoms with E-state index < -0.39 is 4.92 Å².